The van der Waals surface area contributed by atoms with Crippen LogP contribution in [0.1, 0.15) is 34.0 Å². The second-order valence-corrected chi connectivity index (χ2v) is 6.85. The van der Waals surface area contributed by atoms with Gasteiger partial charge < -0.3 is 14.0 Å². The molecule has 0 aliphatic heterocycles. The van der Waals surface area contributed by atoms with E-state index in [0.29, 0.717) is 30.2 Å². The lowest BCUT2D eigenvalue weighted by molar-refractivity contribution is 0.0953. The number of ether oxygens (including phenoxy) is 2. The zero-order valence-electron chi connectivity index (χ0n) is 17.8. The second-order valence-electron chi connectivity index (χ2n) is 6.85. The Balaban J connectivity index is 1.76. The molecule has 0 unspecified atom stereocenters. The van der Waals surface area contributed by atoms with Crippen LogP contribution < -0.4 is 20.5 Å². The molecule has 3 aromatic rings. The monoisotopic (exact) mass is 419 g/mol. The first-order valence-electron chi connectivity index (χ1n) is 9.91. The number of aryl methyl sites for hydroxylation is 1. The first kappa shape index (κ1) is 21.8. The van der Waals surface area contributed by atoms with Crippen LogP contribution in [0.15, 0.2) is 70.7 Å². The molecule has 7 nitrogen and oxygen atoms in total. The Labute approximate surface area is 180 Å². The highest BCUT2D eigenvalue weighted by Crippen LogP contribution is 2.29. The molecule has 0 saturated heterocycles. The quantitative estimate of drug-likeness (QED) is 0.448. The number of carbonyl (C=O) groups excluding carboxylic acids is 1. The minimum atomic E-state index is -0.583. The van der Waals surface area contributed by atoms with E-state index in [-0.39, 0.29) is 11.1 Å². The molecule has 31 heavy (non-hydrogen) atoms. The normalized spacial score (nSPS) is 10.8. The van der Waals surface area contributed by atoms with Crippen molar-refractivity contribution in [2.45, 2.75) is 20.4 Å². The maximum absolute atomic E-state index is 12.8. The lowest BCUT2D eigenvalue weighted by Gasteiger charge is -2.11. The molecule has 0 bridgehead atoms. The Bertz CT molecular complexity index is 1130. The molecule has 0 radical (unpaired) electrons. The van der Waals surface area contributed by atoms with Crippen LogP contribution in [-0.4, -0.2) is 30.4 Å². The van der Waals surface area contributed by atoms with Crippen LogP contribution in [0.25, 0.3) is 0 Å². The first-order chi connectivity index (χ1) is 15.0. The van der Waals surface area contributed by atoms with Crippen LogP contribution >= 0.6 is 0 Å². The van der Waals surface area contributed by atoms with Crippen molar-refractivity contribution in [2.75, 3.05) is 13.7 Å². The van der Waals surface area contributed by atoms with Crippen molar-refractivity contribution in [3.05, 3.63) is 93.4 Å². The van der Waals surface area contributed by atoms with Gasteiger partial charge in [-0.05, 0) is 43.7 Å². The molecule has 0 aliphatic rings. The molecule has 1 aromatic heterocycles. The number of para-hydroxylation sites is 1. The molecule has 7 heteroatoms. The van der Waals surface area contributed by atoms with Crippen LogP contribution in [0.4, 0.5) is 0 Å². The van der Waals surface area contributed by atoms with Gasteiger partial charge in [-0.1, -0.05) is 35.9 Å². The zero-order valence-corrected chi connectivity index (χ0v) is 17.8. The molecular weight excluding hydrogens is 394 g/mol. The predicted molar refractivity (Wildman–Crippen MR) is 120 cm³/mol. The lowest BCUT2D eigenvalue weighted by atomic mass is 10.1. The Morgan fingerprint density at radius 2 is 1.90 bits per heavy atom. The Kier molecular flexibility index (Phi) is 7.22. The van der Waals surface area contributed by atoms with Gasteiger partial charge in [-0.2, -0.15) is 5.10 Å². The third kappa shape index (κ3) is 5.39. The van der Waals surface area contributed by atoms with Crippen molar-refractivity contribution < 1.29 is 14.3 Å². The summed E-state index contributed by atoms with van der Waals surface area (Å²) in [6, 6.07) is 16.4. The fourth-order valence-electron chi connectivity index (χ4n) is 3.04. The highest BCUT2D eigenvalue weighted by atomic mass is 16.5. The van der Waals surface area contributed by atoms with Crippen molar-refractivity contribution in [3.8, 4) is 11.5 Å². The predicted octanol–water partition coefficient (Wildman–Crippen LogP) is 3.38. The van der Waals surface area contributed by atoms with Crippen LogP contribution in [0.2, 0.25) is 0 Å². The number of pyridine rings is 1. The van der Waals surface area contributed by atoms with Gasteiger partial charge >= 0.3 is 0 Å². The van der Waals surface area contributed by atoms with E-state index in [1.165, 1.54) is 16.8 Å². The van der Waals surface area contributed by atoms with Gasteiger partial charge in [0.25, 0.3) is 11.5 Å². The molecule has 0 spiro atoms. The first-order valence-corrected chi connectivity index (χ1v) is 9.91. The molecular formula is C24H25N3O4. The summed E-state index contributed by atoms with van der Waals surface area (Å²) < 4.78 is 12.4. The summed E-state index contributed by atoms with van der Waals surface area (Å²) in [5.74, 6) is 0.519. The summed E-state index contributed by atoms with van der Waals surface area (Å²) in [5.41, 5.74) is 4.81. The molecule has 160 valence electrons. The minimum Gasteiger partial charge on any atom is -0.493 e. The number of hydrogen-bond acceptors (Lipinski definition) is 5. The standard InChI is InChI=1S/C24H25N3O4/c1-4-31-22-19(7-5-9-21(22)30-3)15-25-26-23(28)20-8-6-14-27(24(20)29)16-18-12-10-17(2)11-13-18/h5-15H,4,16H2,1-3H3,(H,26,28)/b25-15-. The van der Waals surface area contributed by atoms with Crippen LogP contribution in [-0.2, 0) is 6.54 Å². The van der Waals surface area contributed by atoms with E-state index in [1.54, 1.807) is 37.6 Å². The fourth-order valence-corrected chi connectivity index (χ4v) is 3.04. The average Bonchev–Trinajstić information content (AvgIpc) is 2.77. The van der Waals surface area contributed by atoms with Gasteiger partial charge in [0.2, 0.25) is 0 Å². The maximum Gasteiger partial charge on any atom is 0.276 e. The van der Waals surface area contributed by atoms with E-state index in [2.05, 4.69) is 10.5 Å². The summed E-state index contributed by atoms with van der Waals surface area (Å²) in [4.78, 5) is 25.3. The number of aromatic nitrogens is 1. The lowest BCUT2D eigenvalue weighted by Crippen LogP contribution is -2.30. The van der Waals surface area contributed by atoms with Crippen molar-refractivity contribution >= 4 is 12.1 Å². The summed E-state index contributed by atoms with van der Waals surface area (Å²) in [6.07, 6.45) is 3.12. The highest BCUT2D eigenvalue weighted by molar-refractivity contribution is 5.94. The third-order valence-electron chi connectivity index (χ3n) is 4.63. The molecule has 0 saturated carbocycles. The number of hydrogen-bond donors (Lipinski definition) is 1. The maximum atomic E-state index is 12.8. The summed E-state index contributed by atoms with van der Waals surface area (Å²) in [7, 11) is 1.55. The fraction of sp³-hybridized carbons (Fsp3) is 0.208. The van der Waals surface area contributed by atoms with Gasteiger partial charge in [0.05, 0.1) is 26.5 Å². The number of rotatable bonds is 8. The van der Waals surface area contributed by atoms with Gasteiger partial charge in [-0.25, -0.2) is 5.43 Å². The molecule has 0 fully saturated rings. The van der Waals surface area contributed by atoms with E-state index >= 15 is 0 Å². The number of nitrogens with zero attached hydrogens (tertiary/aromatic N) is 2. The SMILES string of the molecule is CCOc1c(/C=N\NC(=O)c2cccn(Cc3ccc(C)cc3)c2=O)cccc1OC. The van der Waals surface area contributed by atoms with Gasteiger partial charge in [0.15, 0.2) is 11.5 Å². The van der Waals surface area contributed by atoms with Crippen LogP contribution in [0, 0.1) is 6.92 Å². The Morgan fingerprint density at radius 1 is 1.13 bits per heavy atom. The molecule has 3 rings (SSSR count). The van der Waals surface area contributed by atoms with Gasteiger partial charge in [0, 0.05) is 11.8 Å². The summed E-state index contributed by atoms with van der Waals surface area (Å²) in [5, 5.41) is 3.99. The Hall–Kier alpha value is -3.87. The van der Waals surface area contributed by atoms with E-state index in [9.17, 15) is 9.59 Å². The minimum absolute atomic E-state index is 0.0161. The van der Waals surface area contributed by atoms with E-state index in [1.807, 2.05) is 38.1 Å². The molecule has 0 atom stereocenters. The number of methoxy groups -OCH3 is 1. The second kappa shape index (κ2) is 10.2. The Morgan fingerprint density at radius 3 is 2.61 bits per heavy atom. The van der Waals surface area contributed by atoms with E-state index in [0.717, 1.165) is 11.1 Å². The summed E-state index contributed by atoms with van der Waals surface area (Å²) in [6.45, 7) is 4.71. The number of carbonyl (C=O) groups is 1. The van der Waals surface area contributed by atoms with Gasteiger partial charge in [-0.3, -0.25) is 9.59 Å². The molecule has 2 aromatic carbocycles. The van der Waals surface area contributed by atoms with E-state index in [4.69, 9.17) is 9.47 Å². The van der Waals surface area contributed by atoms with Crippen molar-refractivity contribution in [2.24, 2.45) is 5.10 Å². The van der Waals surface area contributed by atoms with Crippen molar-refractivity contribution in [1.82, 2.24) is 9.99 Å². The zero-order chi connectivity index (χ0) is 22.2. The molecule has 1 amide bonds. The molecule has 1 N–H and O–H groups in total. The topological polar surface area (TPSA) is 81.9 Å². The number of hydrazone groups is 1. The van der Waals surface area contributed by atoms with Crippen molar-refractivity contribution in [1.29, 1.82) is 0 Å². The van der Waals surface area contributed by atoms with Gasteiger partial charge in [0.1, 0.15) is 5.56 Å². The molecule has 0 aliphatic carbocycles. The smallest absolute Gasteiger partial charge is 0.276 e. The van der Waals surface area contributed by atoms with Crippen molar-refractivity contribution in [3.63, 3.8) is 0 Å². The van der Waals surface area contributed by atoms with Gasteiger partial charge in [-0.15, -0.1) is 0 Å². The number of nitrogens with one attached hydrogen (secondary N) is 1. The number of amides is 1. The van der Waals surface area contributed by atoms with Crippen LogP contribution in [0.5, 0.6) is 11.5 Å². The average molecular weight is 419 g/mol. The molecule has 1 heterocycles. The van der Waals surface area contributed by atoms with Crippen LogP contribution in [0.3, 0.4) is 0 Å². The van der Waals surface area contributed by atoms with E-state index < -0.39 is 5.91 Å². The highest BCUT2D eigenvalue weighted by Gasteiger charge is 2.12. The number of benzene rings is 2. The largest absolute Gasteiger partial charge is 0.493 e. The summed E-state index contributed by atoms with van der Waals surface area (Å²) >= 11 is 0. The third-order valence-corrected chi connectivity index (χ3v) is 4.63.